The second-order valence-electron chi connectivity index (χ2n) is 5.16. The lowest BCUT2D eigenvalue weighted by Gasteiger charge is -2.19. The molecule has 1 aliphatic heterocycles. The van der Waals surface area contributed by atoms with Crippen LogP contribution in [0, 0.1) is 0 Å². The van der Waals surface area contributed by atoms with Crippen LogP contribution in [0.1, 0.15) is 38.3 Å². The summed E-state index contributed by atoms with van der Waals surface area (Å²) in [4.78, 5) is 11.5. The highest BCUT2D eigenvalue weighted by Gasteiger charge is 2.27. The molecule has 1 N–H and O–H groups in total. The summed E-state index contributed by atoms with van der Waals surface area (Å²) in [6.45, 7) is 5.24. The van der Waals surface area contributed by atoms with E-state index >= 15 is 0 Å². The van der Waals surface area contributed by atoms with E-state index in [0.717, 1.165) is 24.2 Å². The molecule has 116 valence electrons. The minimum absolute atomic E-state index is 0.0368. The molecule has 1 aromatic rings. The molecule has 2 atom stereocenters. The third-order valence-corrected chi connectivity index (χ3v) is 3.54. The third kappa shape index (κ3) is 3.88. The third-order valence-electron chi connectivity index (χ3n) is 3.54. The number of carbonyl (C=O) groups excluding carboxylic acids is 1. The van der Waals surface area contributed by atoms with Crippen molar-refractivity contribution in [3.8, 4) is 11.5 Å². The van der Waals surface area contributed by atoms with Crippen LogP contribution in [0.4, 0.5) is 0 Å². The Morgan fingerprint density at radius 1 is 1.43 bits per heavy atom. The fourth-order valence-corrected chi connectivity index (χ4v) is 2.33. The maximum absolute atomic E-state index is 11.5. The first kappa shape index (κ1) is 15.6. The van der Waals surface area contributed by atoms with Crippen LogP contribution in [0.3, 0.4) is 0 Å². The molecule has 0 amide bonds. The summed E-state index contributed by atoms with van der Waals surface area (Å²) in [5, 5.41) is 3.29. The molecule has 1 fully saturated rings. The maximum atomic E-state index is 11.5. The van der Waals surface area contributed by atoms with E-state index in [4.69, 9.17) is 14.2 Å². The van der Waals surface area contributed by atoms with Crippen LogP contribution in [-0.2, 0) is 9.53 Å². The minimum atomic E-state index is -0.220. The lowest BCUT2D eigenvalue weighted by molar-refractivity contribution is -0.139. The molecule has 0 aliphatic carbocycles. The summed E-state index contributed by atoms with van der Waals surface area (Å²) >= 11 is 0. The molecular formula is C16H23NO4. The molecule has 2 rings (SSSR count). The van der Waals surface area contributed by atoms with Crippen molar-refractivity contribution in [1.82, 2.24) is 5.32 Å². The standard InChI is InChI=1S/C16H23NO4/c1-4-8-20-14-6-5-12(10-15(14)19-3)11(2)17-13-7-9-21-16(13)18/h5-6,10-11,13,17H,4,7-9H2,1-3H3/t11-,13+/m0/s1. The zero-order chi connectivity index (χ0) is 15.2. The van der Waals surface area contributed by atoms with Crippen molar-refractivity contribution in [2.75, 3.05) is 20.3 Å². The SMILES string of the molecule is CCCOc1ccc([C@H](C)N[C@@H]2CCOC2=O)cc1OC. The van der Waals surface area contributed by atoms with Crippen LogP contribution < -0.4 is 14.8 Å². The van der Waals surface area contributed by atoms with E-state index in [9.17, 15) is 4.79 Å². The molecule has 21 heavy (non-hydrogen) atoms. The summed E-state index contributed by atoms with van der Waals surface area (Å²) in [6.07, 6.45) is 1.67. The van der Waals surface area contributed by atoms with Crippen LogP contribution in [0.15, 0.2) is 18.2 Å². The first-order valence-electron chi connectivity index (χ1n) is 7.39. The fraction of sp³-hybridized carbons (Fsp3) is 0.562. The highest BCUT2D eigenvalue weighted by molar-refractivity contribution is 5.77. The Morgan fingerprint density at radius 3 is 2.86 bits per heavy atom. The van der Waals surface area contributed by atoms with Gasteiger partial charge in [-0.15, -0.1) is 0 Å². The van der Waals surface area contributed by atoms with Crippen molar-refractivity contribution in [2.45, 2.75) is 38.8 Å². The second kappa shape index (κ2) is 7.31. The Kier molecular flexibility index (Phi) is 5.44. The van der Waals surface area contributed by atoms with E-state index < -0.39 is 0 Å². The summed E-state index contributed by atoms with van der Waals surface area (Å²) < 4.78 is 16.0. The number of esters is 1. The van der Waals surface area contributed by atoms with Crippen LogP contribution in [-0.4, -0.2) is 32.3 Å². The van der Waals surface area contributed by atoms with Crippen LogP contribution >= 0.6 is 0 Å². The van der Waals surface area contributed by atoms with Gasteiger partial charge in [0.15, 0.2) is 11.5 Å². The van der Waals surface area contributed by atoms with E-state index in [-0.39, 0.29) is 18.1 Å². The van der Waals surface area contributed by atoms with E-state index in [1.165, 1.54) is 0 Å². The highest BCUT2D eigenvalue weighted by Crippen LogP contribution is 2.30. The fourth-order valence-electron chi connectivity index (χ4n) is 2.33. The lowest BCUT2D eigenvalue weighted by Crippen LogP contribution is -2.35. The number of hydrogen-bond donors (Lipinski definition) is 1. The van der Waals surface area contributed by atoms with Crippen LogP contribution in [0.25, 0.3) is 0 Å². The summed E-state index contributed by atoms with van der Waals surface area (Å²) in [5.74, 6) is 1.29. The Hall–Kier alpha value is -1.75. The van der Waals surface area contributed by atoms with Gasteiger partial charge in [0.1, 0.15) is 6.04 Å². The lowest BCUT2D eigenvalue weighted by atomic mass is 10.1. The largest absolute Gasteiger partial charge is 0.493 e. The van der Waals surface area contributed by atoms with Gasteiger partial charge in [0, 0.05) is 12.5 Å². The highest BCUT2D eigenvalue weighted by atomic mass is 16.5. The Labute approximate surface area is 125 Å². The van der Waals surface area contributed by atoms with Gasteiger partial charge in [-0.25, -0.2) is 0 Å². The molecule has 1 saturated heterocycles. The predicted octanol–water partition coefficient (Wildman–Crippen LogP) is 2.45. The minimum Gasteiger partial charge on any atom is -0.493 e. The van der Waals surface area contributed by atoms with Gasteiger partial charge in [0.05, 0.1) is 20.3 Å². The number of methoxy groups -OCH3 is 1. The number of hydrogen-bond acceptors (Lipinski definition) is 5. The number of ether oxygens (including phenoxy) is 3. The summed E-state index contributed by atoms with van der Waals surface area (Å²) in [7, 11) is 1.63. The first-order valence-corrected chi connectivity index (χ1v) is 7.39. The normalized spacial score (nSPS) is 19.2. The maximum Gasteiger partial charge on any atom is 0.323 e. The summed E-state index contributed by atoms with van der Waals surface area (Å²) in [5.41, 5.74) is 1.05. The van der Waals surface area contributed by atoms with Gasteiger partial charge in [-0.05, 0) is 31.0 Å². The summed E-state index contributed by atoms with van der Waals surface area (Å²) in [6, 6.07) is 5.67. The molecular weight excluding hydrogens is 270 g/mol. The predicted molar refractivity (Wildman–Crippen MR) is 79.7 cm³/mol. The van der Waals surface area contributed by atoms with E-state index in [2.05, 4.69) is 12.2 Å². The molecule has 5 nitrogen and oxygen atoms in total. The molecule has 1 aliphatic rings. The average molecular weight is 293 g/mol. The van der Waals surface area contributed by atoms with E-state index in [0.29, 0.717) is 19.0 Å². The van der Waals surface area contributed by atoms with Crippen molar-refractivity contribution in [1.29, 1.82) is 0 Å². The van der Waals surface area contributed by atoms with Gasteiger partial charge >= 0.3 is 5.97 Å². The zero-order valence-corrected chi connectivity index (χ0v) is 12.8. The first-order chi connectivity index (χ1) is 10.2. The monoisotopic (exact) mass is 293 g/mol. The van der Waals surface area contributed by atoms with E-state index in [1.807, 2.05) is 25.1 Å². The number of benzene rings is 1. The molecule has 1 heterocycles. The van der Waals surface area contributed by atoms with Gasteiger partial charge in [-0.2, -0.15) is 0 Å². The molecule has 0 radical (unpaired) electrons. The Morgan fingerprint density at radius 2 is 2.24 bits per heavy atom. The number of nitrogens with one attached hydrogen (secondary N) is 1. The molecule has 0 aromatic heterocycles. The van der Waals surface area contributed by atoms with Crippen molar-refractivity contribution in [3.05, 3.63) is 23.8 Å². The van der Waals surface area contributed by atoms with Crippen molar-refractivity contribution >= 4 is 5.97 Å². The molecule has 0 unspecified atom stereocenters. The van der Waals surface area contributed by atoms with Crippen molar-refractivity contribution < 1.29 is 19.0 Å². The van der Waals surface area contributed by atoms with Crippen molar-refractivity contribution in [2.24, 2.45) is 0 Å². The molecule has 0 spiro atoms. The van der Waals surface area contributed by atoms with E-state index in [1.54, 1.807) is 7.11 Å². The number of rotatable bonds is 7. The number of cyclic esters (lactones) is 1. The van der Waals surface area contributed by atoms with Gasteiger partial charge in [-0.3, -0.25) is 10.1 Å². The molecule has 1 aromatic carbocycles. The van der Waals surface area contributed by atoms with Crippen LogP contribution in [0.2, 0.25) is 0 Å². The van der Waals surface area contributed by atoms with Crippen molar-refractivity contribution in [3.63, 3.8) is 0 Å². The van der Waals surface area contributed by atoms with Crippen LogP contribution in [0.5, 0.6) is 11.5 Å². The van der Waals surface area contributed by atoms with Gasteiger partial charge < -0.3 is 14.2 Å². The second-order valence-corrected chi connectivity index (χ2v) is 5.16. The van der Waals surface area contributed by atoms with Gasteiger partial charge in [0.25, 0.3) is 0 Å². The smallest absolute Gasteiger partial charge is 0.323 e. The Bertz CT molecular complexity index is 489. The number of carbonyl (C=O) groups is 1. The van der Waals surface area contributed by atoms with Gasteiger partial charge in [-0.1, -0.05) is 13.0 Å². The topological polar surface area (TPSA) is 56.8 Å². The molecule has 0 saturated carbocycles. The average Bonchev–Trinajstić information content (AvgIpc) is 2.90. The molecule has 5 heteroatoms. The molecule has 0 bridgehead atoms. The zero-order valence-electron chi connectivity index (χ0n) is 12.8. The van der Waals surface area contributed by atoms with Gasteiger partial charge in [0.2, 0.25) is 0 Å². The quantitative estimate of drug-likeness (QED) is 0.783. The Balaban J connectivity index is 2.06.